The Hall–Kier alpha value is -4.35. The third-order valence-corrected chi connectivity index (χ3v) is 8.62. The number of rotatable bonds is 10. The first-order valence-corrected chi connectivity index (χ1v) is 14.3. The molecule has 0 aliphatic rings. The van der Waals surface area contributed by atoms with Crippen LogP contribution in [0.5, 0.6) is 5.75 Å². The smallest absolute Gasteiger partial charge is 0.264 e. The fourth-order valence-electron chi connectivity index (χ4n) is 3.62. The van der Waals surface area contributed by atoms with Crippen LogP contribution in [0.3, 0.4) is 0 Å². The van der Waals surface area contributed by atoms with E-state index in [2.05, 4.69) is 10.0 Å². The van der Waals surface area contributed by atoms with Crippen molar-refractivity contribution in [2.24, 2.45) is 0 Å². The molecule has 0 heterocycles. The molecule has 0 bridgehead atoms. The maximum atomic E-state index is 13.5. The van der Waals surface area contributed by atoms with Gasteiger partial charge >= 0.3 is 0 Å². The summed E-state index contributed by atoms with van der Waals surface area (Å²) in [4.78, 5) is 13.0. The fourth-order valence-corrected chi connectivity index (χ4v) is 6.13. The van der Waals surface area contributed by atoms with Gasteiger partial charge in [0.15, 0.2) is 0 Å². The van der Waals surface area contributed by atoms with Crippen LogP contribution in [-0.2, 0) is 24.8 Å². The van der Waals surface area contributed by atoms with E-state index in [1.807, 2.05) is 0 Å². The molecule has 4 rings (SSSR count). The number of sulfonamides is 2. The summed E-state index contributed by atoms with van der Waals surface area (Å²) < 4.78 is 61.1. The van der Waals surface area contributed by atoms with Crippen LogP contribution in [0.15, 0.2) is 119 Å². The van der Waals surface area contributed by atoms with Crippen LogP contribution in [0.25, 0.3) is 0 Å². The molecule has 0 radical (unpaired) electrons. The molecule has 11 heteroatoms. The highest BCUT2D eigenvalue weighted by molar-refractivity contribution is 7.93. The SMILES string of the molecule is COc1ccccc1N(CC(=O)Nc1ccc(S(=O)(=O)Nc2ccccc2)cc1)S(=O)(=O)c1ccccc1. The van der Waals surface area contributed by atoms with Gasteiger partial charge < -0.3 is 10.1 Å². The summed E-state index contributed by atoms with van der Waals surface area (Å²) in [6.45, 7) is -0.548. The number of ether oxygens (including phenoxy) is 1. The largest absolute Gasteiger partial charge is 0.495 e. The monoisotopic (exact) mass is 551 g/mol. The van der Waals surface area contributed by atoms with Gasteiger partial charge in [0.2, 0.25) is 5.91 Å². The molecule has 4 aromatic rings. The molecule has 4 aromatic carbocycles. The maximum Gasteiger partial charge on any atom is 0.264 e. The Balaban J connectivity index is 1.55. The first-order chi connectivity index (χ1) is 18.2. The van der Waals surface area contributed by atoms with E-state index >= 15 is 0 Å². The van der Waals surface area contributed by atoms with Crippen molar-refractivity contribution in [1.29, 1.82) is 0 Å². The van der Waals surface area contributed by atoms with Crippen LogP contribution in [0.1, 0.15) is 0 Å². The van der Waals surface area contributed by atoms with Gasteiger partial charge in [-0.2, -0.15) is 0 Å². The van der Waals surface area contributed by atoms with E-state index in [1.165, 1.54) is 43.5 Å². The molecule has 0 saturated carbocycles. The van der Waals surface area contributed by atoms with Gasteiger partial charge in [-0.05, 0) is 60.7 Å². The van der Waals surface area contributed by atoms with Crippen molar-refractivity contribution in [2.75, 3.05) is 28.0 Å². The Morgan fingerprint density at radius 3 is 1.92 bits per heavy atom. The third kappa shape index (κ3) is 6.13. The summed E-state index contributed by atoms with van der Waals surface area (Å²) in [5.41, 5.74) is 0.911. The van der Waals surface area contributed by atoms with E-state index < -0.39 is 32.5 Å². The number of hydrogen-bond donors (Lipinski definition) is 2. The summed E-state index contributed by atoms with van der Waals surface area (Å²) in [6.07, 6.45) is 0. The number of carbonyl (C=O) groups is 1. The first-order valence-electron chi connectivity index (χ1n) is 11.4. The molecule has 196 valence electrons. The minimum Gasteiger partial charge on any atom is -0.495 e. The average Bonchev–Trinajstić information content (AvgIpc) is 2.93. The molecular formula is C27H25N3O6S2. The molecule has 0 unspecified atom stereocenters. The summed E-state index contributed by atoms with van der Waals surface area (Å²) in [6, 6.07) is 28.2. The predicted octanol–water partition coefficient (Wildman–Crippen LogP) is 4.33. The van der Waals surface area contributed by atoms with Crippen molar-refractivity contribution >= 4 is 43.0 Å². The van der Waals surface area contributed by atoms with Crippen LogP contribution < -0.4 is 19.1 Å². The summed E-state index contributed by atoms with van der Waals surface area (Å²) in [5.74, 6) is -0.353. The van der Waals surface area contributed by atoms with Crippen molar-refractivity contribution < 1.29 is 26.4 Å². The van der Waals surface area contributed by atoms with Crippen molar-refractivity contribution in [3.63, 3.8) is 0 Å². The summed E-state index contributed by atoms with van der Waals surface area (Å²) >= 11 is 0. The lowest BCUT2D eigenvalue weighted by Gasteiger charge is -2.25. The first kappa shape index (κ1) is 26.7. The molecule has 0 spiro atoms. The van der Waals surface area contributed by atoms with Crippen LogP contribution in [0, 0.1) is 0 Å². The van der Waals surface area contributed by atoms with Gasteiger partial charge in [0.25, 0.3) is 20.0 Å². The topological polar surface area (TPSA) is 122 Å². The molecule has 2 N–H and O–H groups in total. The highest BCUT2D eigenvalue weighted by atomic mass is 32.2. The Bertz CT molecular complexity index is 1610. The van der Waals surface area contributed by atoms with Crippen molar-refractivity contribution in [2.45, 2.75) is 9.79 Å². The Morgan fingerprint density at radius 2 is 1.29 bits per heavy atom. The van der Waals surface area contributed by atoms with Gasteiger partial charge in [0.1, 0.15) is 12.3 Å². The number of carbonyl (C=O) groups excluding carboxylic acids is 1. The average molecular weight is 552 g/mol. The van der Waals surface area contributed by atoms with Crippen LogP contribution >= 0.6 is 0 Å². The second-order valence-corrected chi connectivity index (χ2v) is 11.6. The highest BCUT2D eigenvalue weighted by Gasteiger charge is 2.29. The molecule has 0 aromatic heterocycles. The van der Waals surface area contributed by atoms with Crippen molar-refractivity contribution in [3.05, 3.63) is 109 Å². The van der Waals surface area contributed by atoms with Gasteiger partial charge in [-0.15, -0.1) is 0 Å². The zero-order chi connectivity index (χ0) is 27.2. The number of amides is 1. The summed E-state index contributed by atoms with van der Waals surface area (Å²) in [7, 11) is -6.55. The van der Waals surface area contributed by atoms with Crippen LogP contribution in [-0.4, -0.2) is 36.4 Å². The number of methoxy groups -OCH3 is 1. The van der Waals surface area contributed by atoms with Crippen LogP contribution in [0.2, 0.25) is 0 Å². The van der Waals surface area contributed by atoms with E-state index in [-0.39, 0.29) is 21.2 Å². The van der Waals surface area contributed by atoms with Crippen molar-refractivity contribution in [3.8, 4) is 5.75 Å². The molecule has 9 nitrogen and oxygen atoms in total. The lowest BCUT2D eigenvalue weighted by molar-refractivity contribution is -0.114. The standard InChI is InChI=1S/C27H25N3O6S2/c1-36-26-15-9-8-14-25(26)30(38(34,35)24-12-6-3-7-13-24)20-27(31)28-21-16-18-23(19-17-21)37(32,33)29-22-10-4-2-5-11-22/h2-19,29H,20H2,1H3,(H,28,31). The van der Waals surface area contributed by atoms with E-state index in [9.17, 15) is 21.6 Å². The molecular weight excluding hydrogens is 526 g/mol. The third-order valence-electron chi connectivity index (χ3n) is 5.45. The molecule has 0 fully saturated rings. The number of hydrogen-bond acceptors (Lipinski definition) is 6. The number of anilines is 3. The maximum absolute atomic E-state index is 13.5. The Morgan fingerprint density at radius 1 is 0.711 bits per heavy atom. The van der Waals surface area contributed by atoms with E-state index in [1.54, 1.807) is 72.8 Å². The number of benzene rings is 4. The Labute approximate surface area is 221 Å². The normalized spacial score (nSPS) is 11.4. The molecule has 0 aliphatic heterocycles. The second kappa shape index (κ2) is 11.4. The number of nitrogens with one attached hydrogen (secondary N) is 2. The lowest BCUT2D eigenvalue weighted by Crippen LogP contribution is -2.38. The second-order valence-electron chi connectivity index (χ2n) is 8.04. The van der Waals surface area contributed by atoms with Crippen molar-refractivity contribution in [1.82, 2.24) is 0 Å². The summed E-state index contributed by atoms with van der Waals surface area (Å²) in [5, 5.41) is 2.63. The zero-order valence-corrected chi connectivity index (χ0v) is 21.9. The number of nitrogens with zero attached hydrogens (tertiary/aromatic N) is 1. The van der Waals surface area contributed by atoms with E-state index in [0.717, 1.165) is 4.31 Å². The van der Waals surface area contributed by atoms with Gasteiger partial charge in [-0.25, -0.2) is 16.8 Å². The minimum atomic E-state index is -4.12. The fraction of sp³-hybridized carbons (Fsp3) is 0.0741. The Kier molecular flexibility index (Phi) is 7.99. The number of para-hydroxylation sites is 3. The molecule has 0 atom stereocenters. The quantitative estimate of drug-likeness (QED) is 0.303. The van der Waals surface area contributed by atoms with Gasteiger partial charge in [0, 0.05) is 11.4 Å². The van der Waals surface area contributed by atoms with Gasteiger partial charge in [-0.1, -0.05) is 48.5 Å². The minimum absolute atomic E-state index is 0.00153. The predicted molar refractivity (Wildman–Crippen MR) is 146 cm³/mol. The van der Waals surface area contributed by atoms with E-state index in [0.29, 0.717) is 11.4 Å². The molecule has 38 heavy (non-hydrogen) atoms. The molecule has 0 aliphatic carbocycles. The van der Waals surface area contributed by atoms with Gasteiger partial charge in [-0.3, -0.25) is 13.8 Å². The molecule has 1 amide bonds. The van der Waals surface area contributed by atoms with E-state index in [4.69, 9.17) is 4.74 Å². The molecule has 0 saturated heterocycles. The van der Waals surface area contributed by atoms with Gasteiger partial charge in [0.05, 0.1) is 22.6 Å². The zero-order valence-electron chi connectivity index (χ0n) is 20.3. The van der Waals surface area contributed by atoms with Crippen LogP contribution in [0.4, 0.5) is 17.1 Å². The highest BCUT2D eigenvalue weighted by Crippen LogP contribution is 2.32. The lowest BCUT2D eigenvalue weighted by atomic mass is 10.3.